The van der Waals surface area contributed by atoms with Gasteiger partial charge in [-0.1, -0.05) is 45.1 Å². The van der Waals surface area contributed by atoms with E-state index in [2.05, 4.69) is 37.9 Å². The van der Waals surface area contributed by atoms with Crippen LogP contribution in [-0.2, 0) is 6.42 Å². The van der Waals surface area contributed by atoms with Crippen LogP contribution in [-0.4, -0.2) is 9.97 Å². The lowest BCUT2D eigenvalue weighted by Crippen LogP contribution is -1.88. The fourth-order valence-corrected chi connectivity index (χ4v) is 2.56. The molecule has 0 saturated carbocycles. The van der Waals surface area contributed by atoms with Crippen molar-refractivity contribution in [2.75, 3.05) is 0 Å². The molecule has 104 valence electrons. The van der Waals surface area contributed by atoms with E-state index in [9.17, 15) is 0 Å². The molecule has 0 radical (unpaired) electrons. The first kappa shape index (κ1) is 14.1. The molecule has 19 heavy (non-hydrogen) atoms. The number of imidazole rings is 1. The summed E-state index contributed by atoms with van der Waals surface area (Å²) in [7, 11) is 0. The number of aryl methyl sites for hydroxylation is 3. The third-order valence-corrected chi connectivity index (χ3v) is 3.99. The summed E-state index contributed by atoms with van der Waals surface area (Å²) >= 11 is 0. The number of aromatic nitrogens is 2. The number of aromatic amines is 1. The zero-order chi connectivity index (χ0) is 13.7. The topological polar surface area (TPSA) is 28.7 Å². The van der Waals surface area contributed by atoms with Crippen LogP contribution in [0.2, 0.25) is 0 Å². The largest absolute Gasteiger partial charge is 0.342 e. The second kappa shape index (κ2) is 6.74. The minimum atomic E-state index is 1.08. The van der Waals surface area contributed by atoms with E-state index in [0.29, 0.717) is 0 Å². The zero-order valence-electron chi connectivity index (χ0n) is 12.6. The van der Waals surface area contributed by atoms with E-state index < -0.39 is 0 Å². The molecule has 2 heteroatoms. The SMILES string of the molecule is CCCCCCCCc1nc2c(C)c(C)ccc2[nH]1. The molecule has 2 rings (SSSR count). The minimum Gasteiger partial charge on any atom is -0.342 e. The van der Waals surface area contributed by atoms with Crippen molar-refractivity contribution < 1.29 is 0 Å². The standard InChI is InChI=1S/C17H26N2/c1-4-5-6-7-8-9-10-16-18-15-12-11-13(2)14(3)17(15)19-16/h11-12H,4-10H2,1-3H3,(H,18,19). The number of nitrogens with zero attached hydrogens (tertiary/aromatic N) is 1. The summed E-state index contributed by atoms with van der Waals surface area (Å²) in [4.78, 5) is 8.21. The molecule has 0 fully saturated rings. The van der Waals surface area contributed by atoms with Crippen LogP contribution < -0.4 is 0 Å². The number of unbranched alkanes of at least 4 members (excludes halogenated alkanes) is 5. The van der Waals surface area contributed by atoms with Gasteiger partial charge < -0.3 is 4.98 Å². The maximum absolute atomic E-state index is 4.75. The monoisotopic (exact) mass is 258 g/mol. The van der Waals surface area contributed by atoms with Gasteiger partial charge in [0.1, 0.15) is 5.82 Å². The Morgan fingerprint density at radius 2 is 1.74 bits per heavy atom. The highest BCUT2D eigenvalue weighted by molar-refractivity contribution is 5.79. The first-order valence-corrected chi connectivity index (χ1v) is 7.67. The summed E-state index contributed by atoms with van der Waals surface area (Å²) in [6.45, 7) is 6.57. The molecule has 1 aromatic heterocycles. The molecule has 0 aliphatic heterocycles. The van der Waals surface area contributed by atoms with Crippen LogP contribution in [0.1, 0.15) is 62.4 Å². The summed E-state index contributed by atoms with van der Waals surface area (Å²) in [5.74, 6) is 1.15. The maximum atomic E-state index is 4.75. The van der Waals surface area contributed by atoms with Crippen LogP contribution >= 0.6 is 0 Å². The molecule has 0 unspecified atom stereocenters. The van der Waals surface area contributed by atoms with Gasteiger partial charge in [0.15, 0.2) is 0 Å². The van der Waals surface area contributed by atoms with Crippen molar-refractivity contribution in [1.29, 1.82) is 0 Å². The molecule has 0 saturated heterocycles. The van der Waals surface area contributed by atoms with Crippen LogP contribution in [0.4, 0.5) is 0 Å². The molecule has 0 spiro atoms. The molecule has 2 aromatic rings. The van der Waals surface area contributed by atoms with Gasteiger partial charge in [0.25, 0.3) is 0 Å². The Balaban J connectivity index is 1.89. The Morgan fingerprint density at radius 3 is 2.53 bits per heavy atom. The Labute approximate surface area is 116 Å². The van der Waals surface area contributed by atoms with Gasteiger partial charge in [0, 0.05) is 6.42 Å². The van der Waals surface area contributed by atoms with Crippen molar-refractivity contribution in [1.82, 2.24) is 9.97 Å². The van der Waals surface area contributed by atoms with Crippen molar-refractivity contribution in [3.05, 3.63) is 29.1 Å². The van der Waals surface area contributed by atoms with Gasteiger partial charge in [-0.2, -0.15) is 0 Å². The second-order valence-electron chi connectivity index (χ2n) is 5.60. The number of nitrogens with one attached hydrogen (secondary N) is 1. The number of H-pyrrole nitrogens is 1. The van der Waals surface area contributed by atoms with E-state index in [-0.39, 0.29) is 0 Å². The van der Waals surface area contributed by atoms with Gasteiger partial charge in [0.2, 0.25) is 0 Å². The summed E-state index contributed by atoms with van der Waals surface area (Å²) in [5, 5.41) is 0. The summed E-state index contributed by atoms with van der Waals surface area (Å²) < 4.78 is 0. The van der Waals surface area contributed by atoms with Crippen LogP contribution in [0.3, 0.4) is 0 Å². The highest BCUT2D eigenvalue weighted by Crippen LogP contribution is 2.20. The fourth-order valence-electron chi connectivity index (χ4n) is 2.56. The van der Waals surface area contributed by atoms with Crippen LogP contribution in [0.15, 0.2) is 12.1 Å². The van der Waals surface area contributed by atoms with E-state index >= 15 is 0 Å². The third kappa shape index (κ3) is 3.59. The number of hydrogen-bond donors (Lipinski definition) is 1. The first-order valence-electron chi connectivity index (χ1n) is 7.67. The second-order valence-corrected chi connectivity index (χ2v) is 5.60. The number of rotatable bonds is 7. The molecule has 1 N–H and O–H groups in total. The van der Waals surface area contributed by atoms with Crippen molar-refractivity contribution in [2.45, 2.75) is 65.7 Å². The molecular formula is C17H26N2. The smallest absolute Gasteiger partial charge is 0.107 e. The van der Waals surface area contributed by atoms with Gasteiger partial charge in [-0.05, 0) is 37.5 Å². The molecule has 0 aliphatic rings. The van der Waals surface area contributed by atoms with E-state index in [0.717, 1.165) is 17.8 Å². The molecule has 1 heterocycles. The van der Waals surface area contributed by atoms with E-state index in [4.69, 9.17) is 4.98 Å². The van der Waals surface area contributed by atoms with Crippen molar-refractivity contribution in [3.8, 4) is 0 Å². The molecule has 0 aliphatic carbocycles. The van der Waals surface area contributed by atoms with Gasteiger partial charge in [-0.3, -0.25) is 0 Å². The van der Waals surface area contributed by atoms with Gasteiger partial charge in [-0.25, -0.2) is 4.98 Å². The molecular weight excluding hydrogens is 232 g/mol. The van der Waals surface area contributed by atoms with Crippen LogP contribution in [0.25, 0.3) is 11.0 Å². The summed E-state index contributed by atoms with van der Waals surface area (Å²) in [6, 6.07) is 4.32. The minimum absolute atomic E-state index is 1.08. The average molecular weight is 258 g/mol. The lowest BCUT2D eigenvalue weighted by Gasteiger charge is -1.98. The predicted octanol–water partition coefficient (Wildman–Crippen LogP) is 5.08. The summed E-state index contributed by atoms with van der Waals surface area (Å²) in [5.41, 5.74) is 4.97. The van der Waals surface area contributed by atoms with Crippen LogP contribution in [0, 0.1) is 13.8 Å². The third-order valence-electron chi connectivity index (χ3n) is 3.99. The lowest BCUT2D eigenvalue weighted by atomic mass is 10.1. The van der Waals surface area contributed by atoms with E-state index in [1.165, 1.54) is 55.2 Å². The number of hydrogen-bond acceptors (Lipinski definition) is 1. The highest BCUT2D eigenvalue weighted by atomic mass is 14.9. The van der Waals surface area contributed by atoms with E-state index in [1.54, 1.807) is 0 Å². The van der Waals surface area contributed by atoms with Gasteiger partial charge in [0.05, 0.1) is 11.0 Å². The molecule has 0 amide bonds. The summed E-state index contributed by atoms with van der Waals surface area (Å²) in [6.07, 6.45) is 9.11. The maximum Gasteiger partial charge on any atom is 0.107 e. The average Bonchev–Trinajstić information content (AvgIpc) is 2.82. The Morgan fingerprint density at radius 1 is 1.00 bits per heavy atom. The van der Waals surface area contributed by atoms with Crippen molar-refractivity contribution in [2.24, 2.45) is 0 Å². The Kier molecular flexibility index (Phi) is 5.00. The van der Waals surface area contributed by atoms with Gasteiger partial charge >= 0.3 is 0 Å². The molecule has 0 atom stereocenters. The Bertz CT molecular complexity index is 525. The zero-order valence-corrected chi connectivity index (χ0v) is 12.6. The molecule has 2 nitrogen and oxygen atoms in total. The fraction of sp³-hybridized carbons (Fsp3) is 0.588. The Hall–Kier alpha value is -1.31. The first-order chi connectivity index (χ1) is 9.22. The normalized spacial score (nSPS) is 11.3. The highest BCUT2D eigenvalue weighted by Gasteiger charge is 2.06. The number of fused-ring (bicyclic) bond motifs is 1. The van der Waals surface area contributed by atoms with Gasteiger partial charge in [-0.15, -0.1) is 0 Å². The lowest BCUT2D eigenvalue weighted by molar-refractivity contribution is 0.602. The van der Waals surface area contributed by atoms with Crippen molar-refractivity contribution >= 4 is 11.0 Å². The quantitative estimate of drug-likeness (QED) is 0.689. The number of benzene rings is 1. The molecule has 0 bridgehead atoms. The molecule has 1 aromatic carbocycles. The predicted molar refractivity (Wildman–Crippen MR) is 82.6 cm³/mol. The van der Waals surface area contributed by atoms with E-state index in [1.807, 2.05) is 0 Å². The van der Waals surface area contributed by atoms with Crippen molar-refractivity contribution in [3.63, 3.8) is 0 Å². The van der Waals surface area contributed by atoms with Crippen LogP contribution in [0.5, 0.6) is 0 Å².